The van der Waals surface area contributed by atoms with Gasteiger partial charge in [0.2, 0.25) is 0 Å². The van der Waals surface area contributed by atoms with Crippen molar-refractivity contribution in [2.24, 2.45) is 7.05 Å². The van der Waals surface area contributed by atoms with Crippen LogP contribution in [-0.4, -0.2) is 51.5 Å². The minimum Gasteiger partial charge on any atom is -0.479 e. The number of carboxylic acids is 1. The Morgan fingerprint density at radius 2 is 2.21 bits per heavy atom. The number of pyridine rings is 1. The van der Waals surface area contributed by atoms with Crippen molar-refractivity contribution in [2.75, 3.05) is 13.7 Å². The van der Waals surface area contributed by atoms with Crippen molar-refractivity contribution in [1.29, 1.82) is 0 Å². The first kappa shape index (κ1) is 16.4. The molecule has 0 spiro atoms. The first-order valence-corrected chi connectivity index (χ1v) is 7.80. The number of carbonyl (C=O) groups excluding carboxylic acids is 1. The summed E-state index contributed by atoms with van der Waals surface area (Å²) in [6.45, 7) is 1.72. The molecule has 2 aromatic rings. The van der Waals surface area contributed by atoms with Crippen LogP contribution < -0.4 is 5.32 Å². The number of rotatable bonds is 6. The fraction of sp³-hybridized carbons (Fsp3) is 0.500. The minimum atomic E-state index is -1.12. The lowest BCUT2D eigenvalue weighted by Gasteiger charge is -2.12. The van der Waals surface area contributed by atoms with Crippen LogP contribution in [0.2, 0.25) is 0 Å². The minimum absolute atomic E-state index is 0.105. The number of aliphatic carboxylic acids is 1. The van der Waals surface area contributed by atoms with Gasteiger partial charge >= 0.3 is 5.97 Å². The molecule has 8 heteroatoms. The summed E-state index contributed by atoms with van der Waals surface area (Å²) in [6, 6.07) is 1.80. The molecule has 1 amide bonds. The number of hydrogen-bond acceptors (Lipinski definition) is 5. The zero-order chi connectivity index (χ0) is 17.4. The Balaban J connectivity index is 1.95. The highest BCUT2D eigenvalue weighted by Gasteiger charge is 2.28. The maximum Gasteiger partial charge on any atom is 0.334 e. The monoisotopic (exact) mass is 332 g/mol. The van der Waals surface area contributed by atoms with Crippen LogP contribution in [0.5, 0.6) is 0 Å². The van der Waals surface area contributed by atoms with Gasteiger partial charge in [-0.1, -0.05) is 0 Å². The van der Waals surface area contributed by atoms with Crippen LogP contribution in [0.1, 0.15) is 40.5 Å². The van der Waals surface area contributed by atoms with Crippen LogP contribution in [0.15, 0.2) is 6.07 Å². The fourth-order valence-electron chi connectivity index (χ4n) is 2.78. The summed E-state index contributed by atoms with van der Waals surface area (Å²) in [5, 5.41) is 16.7. The molecule has 0 radical (unpaired) electrons. The van der Waals surface area contributed by atoms with Gasteiger partial charge in [-0.3, -0.25) is 9.48 Å². The number of aryl methyl sites for hydroxylation is 2. The molecule has 8 nitrogen and oxygen atoms in total. The summed E-state index contributed by atoms with van der Waals surface area (Å²) in [4.78, 5) is 28.3. The number of carbonyl (C=O) groups is 2. The van der Waals surface area contributed by atoms with E-state index in [0.717, 1.165) is 18.5 Å². The average molecular weight is 332 g/mol. The van der Waals surface area contributed by atoms with Crippen LogP contribution >= 0.6 is 0 Å². The molecule has 1 atom stereocenters. The highest BCUT2D eigenvalue weighted by molar-refractivity contribution is 6.06. The molecule has 2 aromatic heterocycles. The largest absolute Gasteiger partial charge is 0.479 e. The fourth-order valence-corrected chi connectivity index (χ4v) is 2.78. The van der Waals surface area contributed by atoms with Crippen molar-refractivity contribution >= 4 is 22.9 Å². The molecule has 24 heavy (non-hydrogen) atoms. The second kappa shape index (κ2) is 6.20. The Kier molecular flexibility index (Phi) is 4.23. The van der Waals surface area contributed by atoms with E-state index in [1.54, 1.807) is 17.8 Å². The van der Waals surface area contributed by atoms with Gasteiger partial charge in [-0.15, -0.1) is 0 Å². The lowest BCUT2D eigenvalue weighted by atomic mass is 10.1. The normalized spacial score (nSPS) is 15.5. The summed E-state index contributed by atoms with van der Waals surface area (Å²) in [6.07, 6.45) is 1.06. The predicted molar refractivity (Wildman–Crippen MR) is 86.0 cm³/mol. The van der Waals surface area contributed by atoms with Gasteiger partial charge in [0.15, 0.2) is 11.8 Å². The third-order valence-electron chi connectivity index (χ3n) is 4.24. The smallest absolute Gasteiger partial charge is 0.334 e. The molecule has 128 valence electrons. The molecule has 1 unspecified atom stereocenters. The number of fused-ring (bicyclic) bond motifs is 1. The van der Waals surface area contributed by atoms with Crippen LogP contribution in [0.3, 0.4) is 0 Å². The van der Waals surface area contributed by atoms with Gasteiger partial charge in [0.05, 0.1) is 23.2 Å². The number of nitrogens with zero attached hydrogens (tertiary/aromatic N) is 3. The number of aromatic nitrogens is 3. The van der Waals surface area contributed by atoms with Gasteiger partial charge in [-0.05, 0) is 25.8 Å². The Morgan fingerprint density at radius 3 is 2.79 bits per heavy atom. The predicted octanol–water partition coefficient (Wildman–Crippen LogP) is 0.984. The van der Waals surface area contributed by atoms with Crippen molar-refractivity contribution in [3.05, 3.63) is 23.0 Å². The molecule has 2 heterocycles. The maximum absolute atomic E-state index is 12.6. The SMILES string of the molecule is COC(CNC(=O)c1cc(C2CC2)nc2c1c(C)nn2C)C(=O)O. The topological polar surface area (TPSA) is 106 Å². The molecule has 0 bridgehead atoms. The van der Waals surface area contributed by atoms with Crippen molar-refractivity contribution in [1.82, 2.24) is 20.1 Å². The molecular weight excluding hydrogens is 312 g/mol. The van der Waals surface area contributed by atoms with Crippen LogP contribution in [-0.2, 0) is 16.6 Å². The lowest BCUT2D eigenvalue weighted by Crippen LogP contribution is -2.38. The van der Waals surface area contributed by atoms with Gasteiger partial charge in [0, 0.05) is 25.8 Å². The summed E-state index contributed by atoms with van der Waals surface area (Å²) in [5.41, 5.74) is 2.75. The van der Waals surface area contributed by atoms with Crippen LogP contribution in [0.25, 0.3) is 11.0 Å². The van der Waals surface area contributed by atoms with E-state index in [0.29, 0.717) is 28.2 Å². The Hall–Kier alpha value is -2.48. The van der Waals surface area contributed by atoms with E-state index in [1.807, 2.05) is 6.92 Å². The summed E-state index contributed by atoms with van der Waals surface area (Å²) in [5.74, 6) is -1.07. The second-order valence-electron chi connectivity index (χ2n) is 6.05. The molecule has 3 rings (SSSR count). The highest BCUT2D eigenvalue weighted by atomic mass is 16.5. The molecule has 0 saturated heterocycles. The summed E-state index contributed by atoms with van der Waals surface area (Å²) >= 11 is 0. The van der Waals surface area contributed by atoms with E-state index in [1.165, 1.54) is 7.11 Å². The zero-order valence-corrected chi connectivity index (χ0v) is 13.9. The van der Waals surface area contributed by atoms with Gasteiger partial charge in [0.1, 0.15) is 0 Å². The first-order chi connectivity index (χ1) is 11.4. The van der Waals surface area contributed by atoms with E-state index in [4.69, 9.17) is 9.84 Å². The van der Waals surface area contributed by atoms with E-state index in [-0.39, 0.29) is 12.5 Å². The summed E-state index contributed by atoms with van der Waals surface area (Å²) in [7, 11) is 3.10. The number of amides is 1. The van der Waals surface area contributed by atoms with Gasteiger partial charge in [-0.25, -0.2) is 9.78 Å². The molecule has 0 aliphatic heterocycles. The van der Waals surface area contributed by atoms with Crippen molar-refractivity contribution in [3.8, 4) is 0 Å². The quantitative estimate of drug-likeness (QED) is 0.817. The number of ether oxygens (including phenoxy) is 1. The zero-order valence-electron chi connectivity index (χ0n) is 13.9. The van der Waals surface area contributed by atoms with E-state index < -0.39 is 12.1 Å². The van der Waals surface area contributed by atoms with Gasteiger partial charge < -0.3 is 15.2 Å². The van der Waals surface area contributed by atoms with E-state index >= 15 is 0 Å². The number of hydrogen-bond donors (Lipinski definition) is 2. The molecule has 0 aromatic carbocycles. The van der Waals surface area contributed by atoms with Gasteiger partial charge in [-0.2, -0.15) is 5.10 Å². The maximum atomic E-state index is 12.6. The van der Waals surface area contributed by atoms with Crippen molar-refractivity contribution in [2.45, 2.75) is 31.8 Å². The number of methoxy groups -OCH3 is 1. The Bertz CT molecular complexity index is 810. The molecular formula is C16H20N4O4. The Morgan fingerprint density at radius 1 is 1.50 bits per heavy atom. The summed E-state index contributed by atoms with van der Waals surface area (Å²) < 4.78 is 6.51. The van der Waals surface area contributed by atoms with Gasteiger partial charge in [0.25, 0.3) is 5.91 Å². The first-order valence-electron chi connectivity index (χ1n) is 7.80. The van der Waals surface area contributed by atoms with Crippen molar-refractivity contribution < 1.29 is 19.4 Å². The standard InChI is InChI=1S/C16H20N4O4/c1-8-13-10(15(21)17-7-12(24-3)16(22)23)6-11(9-4-5-9)18-14(13)20(2)19-8/h6,9,12H,4-5,7H2,1-3H3,(H,17,21)(H,22,23). The van der Waals surface area contributed by atoms with E-state index in [9.17, 15) is 9.59 Å². The van der Waals surface area contributed by atoms with Crippen LogP contribution in [0, 0.1) is 6.92 Å². The Labute approximate surface area is 138 Å². The average Bonchev–Trinajstić information content (AvgIpc) is 3.34. The molecule has 1 aliphatic carbocycles. The highest BCUT2D eigenvalue weighted by Crippen LogP contribution is 2.40. The third kappa shape index (κ3) is 2.96. The van der Waals surface area contributed by atoms with Crippen LogP contribution in [0.4, 0.5) is 0 Å². The molecule has 2 N–H and O–H groups in total. The lowest BCUT2D eigenvalue weighted by molar-refractivity contribution is -0.148. The second-order valence-corrected chi connectivity index (χ2v) is 6.05. The molecule has 1 aliphatic rings. The number of nitrogens with one attached hydrogen (secondary N) is 1. The molecule has 1 saturated carbocycles. The molecule has 1 fully saturated rings. The van der Waals surface area contributed by atoms with E-state index in [2.05, 4.69) is 15.4 Å². The number of carboxylic acid groups (broad SMARTS) is 1. The van der Waals surface area contributed by atoms with Crippen molar-refractivity contribution in [3.63, 3.8) is 0 Å². The third-order valence-corrected chi connectivity index (χ3v) is 4.24.